The Hall–Kier alpha value is -3.05. The highest BCUT2D eigenvalue weighted by Crippen LogP contribution is 2.20. The van der Waals surface area contributed by atoms with E-state index in [4.69, 9.17) is 0 Å². The van der Waals surface area contributed by atoms with Crippen molar-refractivity contribution in [3.63, 3.8) is 0 Å². The first kappa shape index (κ1) is 21.7. The quantitative estimate of drug-likeness (QED) is 0.526. The molecule has 0 spiro atoms. The lowest BCUT2D eigenvalue weighted by Crippen LogP contribution is -2.44. The Kier molecular flexibility index (Phi) is 8.10. The molecule has 3 aromatic rings. The minimum Gasteiger partial charge on any atom is -0.340 e. The molecule has 0 aromatic heterocycles. The number of thioether (sulfide) groups is 1. The molecule has 0 aliphatic carbocycles. The number of benzene rings is 3. The van der Waals surface area contributed by atoms with E-state index >= 15 is 0 Å². The van der Waals surface area contributed by atoms with Crippen LogP contribution in [0.5, 0.6) is 0 Å². The molecule has 0 heterocycles. The summed E-state index contributed by atoms with van der Waals surface area (Å²) in [7, 11) is 0. The van der Waals surface area contributed by atoms with Crippen LogP contribution in [0.25, 0.3) is 0 Å². The van der Waals surface area contributed by atoms with Crippen LogP contribution in [-0.4, -0.2) is 29.9 Å². The summed E-state index contributed by atoms with van der Waals surface area (Å²) in [5, 5.41) is 5.93. The zero-order valence-electron chi connectivity index (χ0n) is 17.0. The van der Waals surface area contributed by atoms with Crippen LogP contribution in [0.15, 0.2) is 84.9 Å². The average molecular weight is 419 g/mol. The van der Waals surface area contributed by atoms with Crippen molar-refractivity contribution in [3.05, 3.63) is 102 Å². The Labute approximate surface area is 182 Å². The van der Waals surface area contributed by atoms with Crippen LogP contribution in [0.2, 0.25) is 0 Å². The maximum atomic E-state index is 13.1. The fraction of sp³-hybridized carbons (Fsp3) is 0.200. The van der Waals surface area contributed by atoms with Gasteiger partial charge in [0.1, 0.15) is 6.04 Å². The molecular weight excluding hydrogens is 392 g/mol. The predicted octanol–water partition coefficient (Wildman–Crippen LogP) is 4.77. The van der Waals surface area contributed by atoms with E-state index in [1.807, 2.05) is 66.9 Å². The molecule has 0 saturated heterocycles. The van der Waals surface area contributed by atoms with Crippen molar-refractivity contribution >= 4 is 29.3 Å². The summed E-state index contributed by atoms with van der Waals surface area (Å²) in [6.45, 7) is 0. The highest BCUT2D eigenvalue weighted by atomic mass is 32.2. The lowest BCUT2D eigenvalue weighted by molar-refractivity contribution is -0.118. The maximum absolute atomic E-state index is 13.1. The van der Waals surface area contributed by atoms with Crippen LogP contribution in [-0.2, 0) is 11.2 Å². The molecule has 2 amide bonds. The first-order valence-electron chi connectivity index (χ1n) is 9.95. The number of para-hydroxylation sites is 1. The number of rotatable bonds is 9. The van der Waals surface area contributed by atoms with E-state index in [2.05, 4.69) is 22.8 Å². The van der Waals surface area contributed by atoms with Gasteiger partial charge in [-0.05, 0) is 54.2 Å². The minimum absolute atomic E-state index is 0.200. The van der Waals surface area contributed by atoms with Crippen LogP contribution < -0.4 is 10.6 Å². The zero-order chi connectivity index (χ0) is 21.2. The van der Waals surface area contributed by atoms with Crippen molar-refractivity contribution in [2.75, 3.05) is 17.3 Å². The molecule has 0 aliphatic rings. The third-order valence-corrected chi connectivity index (χ3v) is 5.43. The van der Waals surface area contributed by atoms with E-state index in [1.54, 1.807) is 23.9 Å². The molecule has 4 nitrogen and oxygen atoms in total. The molecule has 0 radical (unpaired) electrons. The Morgan fingerprint density at radius 1 is 0.867 bits per heavy atom. The van der Waals surface area contributed by atoms with Crippen molar-refractivity contribution < 1.29 is 9.59 Å². The van der Waals surface area contributed by atoms with Gasteiger partial charge < -0.3 is 10.6 Å². The molecule has 154 valence electrons. The van der Waals surface area contributed by atoms with Crippen molar-refractivity contribution in [3.8, 4) is 0 Å². The second-order valence-electron chi connectivity index (χ2n) is 6.98. The number of amides is 2. The highest BCUT2D eigenvalue weighted by molar-refractivity contribution is 7.98. The molecule has 1 atom stereocenters. The lowest BCUT2D eigenvalue weighted by Gasteiger charge is -2.19. The first-order chi connectivity index (χ1) is 14.7. The van der Waals surface area contributed by atoms with Crippen LogP contribution in [0.3, 0.4) is 0 Å². The molecule has 3 rings (SSSR count). The van der Waals surface area contributed by atoms with Gasteiger partial charge in [0, 0.05) is 11.3 Å². The molecule has 0 unspecified atom stereocenters. The van der Waals surface area contributed by atoms with Crippen LogP contribution in [0.4, 0.5) is 5.69 Å². The second kappa shape index (κ2) is 11.2. The number of hydrogen-bond acceptors (Lipinski definition) is 3. The standard InChI is InChI=1S/C25H26N2O2S/c1-30-17-16-23(27-24(28)20-12-6-3-7-13-20)25(29)26-22-15-9-8-14-21(22)18-19-10-4-2-5-11-19/h2-15,23H,16-18H2,1H3,(H,26,29)(H,27,28)/t23-/m1/s1. The normalized spacial score (nSPS) is 11.5. The summed E-state index contributed by atoms with van der Waals surface area (Å²) >= 11 is 1.65. The van der Waals surface area contributed by atoms with Gasteiger partial charge in [-0.25, -0.2) is 0 Å². The number of hydrogen-bond donors (Lipinski definition) is 2. The topological polar surface area (TPSA) is 58.2 Å². The molecule has 0 saturated carbocycles. The Morgan fingerprint density at radius 3 is 2.20 bits per heavy atom. The van der Waals surface area contributed by atoms with E-state index in [0.717, 1.165) is 23.4 Å². The summed E-state index contributed by atoms with van der Waals surface area (Å²) in [4.78, 5) is 25.6. The average Bonchev–Trinajstić information content (AvgIpc) is 2.79. The number of carbonyl (C=O) groups is 2. The van der Waals surface area contributed by atoms with Gasteiger partial charge in [-0.1, -0.05) is 66.7 Å². The van der Waals surface area contributed by atoms with Gasteiger partial charge in [-0.15, -0.1) is 0 Å². The van der Waals surface area contributed by atoms with E-state index in [0.29, 0.717) is 12.0 Å². The van der Waals surface area contributed by atoms with Gasteiger partial charge in [0.25, 0.3) is 5.91 Å². The third kappa shape index (κ3) is 6.22. The fourth-order valence-electron chi connectivity index (χ4n) is 3.17. The molecule has 5 heteroatoms. The van der Waals surface area contributed by atoms with E-state index < -0.39 is 6.04 Å². The monoisotopic (exact) mass is 418 g/mol. The molecule has 0 bridgehead atoms. The lowest BCUT2D eigenvalue weighted by atomic mass is 10.0. The number of anilines is 1. The summed E-state index contributed by atoms with van der Waals surface area (Å²) in [6, 6.07) is 26.3. The molecule has 0 aliphatic heterocycles. The molecule has 30 heavy (non-hydrogen) atoms. The van der Waals surface area contributed by atoms with Crippen LogP contribution in [0.1, 0.15) is 27.9 Å². The fourth-order valence-corrected chi connectivity index (χ4v) is 3.64. The van der Waals surface area contributed by atoms with Gasteiger partial charge in [0.15, 0.2) is 0 Å². The van der Waals surface area contributed by atoms with Gasteiger partial charge >= 0.3 is 0 Å². The van der Waals surface area contributed by atoms with E-state index in [-0.39, 0.29) is 11.8 Å². The van der Waals surface area contributed by atoms with Gasteiger partial charge in [-0.2, -0.15) is 11.8 Å². The third-order valence-electron chi connectivity index (χ3n) is 4.78. The van der Waals surface area contributed by atoms with Gasteiger partial charge in [0.2, 0.25) is 5.91 Å². The van der Waals surface area contributed by atoms with Crippen LogP contribution >= 0.6 is 11.8 Å². The van der Waals surface area contributed by atoms with E-state index in [1.165, 1.54) is 5.56 Å². The predicted molar refractivity (Wildman–Crippen MR) is 125 cm³/mol. The maximum Gasteiger partial charge on any atom is 0.251 e. The second-order valence-corrected chi connectivity index (χ2v) is 7.97. The van der Waals surface area contributed by atoms with Crippen molar-refractivity contribution in [1.29, 1.82) is 0 Å². The van der Waals surface area contributed by atoms with Crippen molar-refractivity contribution in [1.82, 2.24) is 5.32 Å². The zero-order valence-corrected chi connectivity index (χ0v) is 17.8. The van der Waals surface area contributed by atoms with Crippen molar-refractivity contribution in [2.24, 2.45) is 0 Å². The minimum atomic E-state index is -0.602. The summed E-state index contributed by atoms with van der Waals surface area (Å²) < 4.78 is 0. The smallest absolute Gasteiger partial charge is 0.251 e. The Morgan fingerprint density at radius 2 is 1.50 bits per heavy atom. The van der Waals surface area contributed by atoms with E-state index in [9.17, 15) is 9.59 Å². The number of nitrogens with one attached hydrogen (secondary N) is 2. The summed E-state index contributed by atoms with van der Waals surface area (Å²) in [5.41, 5.74) is 3.53. The summed E-state index contributed by atoms with van der Waals surface area (Å²) in [6.07, 6.45) is 3.28. The Balaban J connectivity index is 1.73. The molecule has 0 fully saturated rings. The molecule has 2 N–H and O–H groups in total. The Bertz CT molecular complexity index is 961. The largest absolute Gasteiger partial charge is 0.340 e. The number of carbonyl (C=O) groups excluding carboxylic acids is 2. The SMILES string of the molecule is CSCC[C@@H](NC(=O)c1ccccc1)C(=O)Nc1ccccc1Cc1ccccc1. The highest BCUT2D eigenvalue weighted by Gasteiger charge is 2.22. The van der Waals surface area contributed by atoms with Crippen LogP contribution in [0, 0.1) is 0 Å². The van der Waals surface area contributed by atoms with Gasteiger partial charge in [-0.3, -0.25) is 9.59 Å². The molecular formula is C25H26N2O2S. The van der Waals surface area contributed by atoms with Gasteiger partial charge in [0.05, 0.1) is 0 Å². The summed E-state index contributed by atoms with van der Waals surface area (Å²) in [5.74, 6) is 0.335. The first-order valence-corrected chi connectivity index (χ1v) is 11.3. The van der Waals surface area contributed by atoms with Crippen molar-refractivity contribution in [2.45, 2.75) is 18.9 Å². The molecule has 3 aromatic carbocycles.